The van der Waals surface area contributed by atoms with Crippen LogP contribution in [-0.2, 0) is 4.79 Å². The van der Waals surface area contributed by atoms with Crippen LogP contribution in [0.4, 0.5) is 5.13 Å². The molecule has 4 nitrogen and oxygen atoms in total. The third kappa shape index (κ3) is 2.69. The fraction of sp³-hybridized carbons (Fsp3) is 0.688. The number of thiazole rings is 1. The first-order valence-electron chi connectivity index (χ1n) is 7.91. The molecule has 3 rings (SSSR count). The monoisotopic (exact) mass is 303 g/mol. The molecule has 2 fully saturated rings. The zero-order valence-electron chi connectivity index (χ0n) is 12.3. The van der Waals surface area contributed by atoms with Crippen molar-refractivity contribution in [2.24, 2.45) is 5.41 Å². The lowest BCUT2D eigenvalue weighted by atomic mass is 9.84. The minimum absolute atomic E-state index is 0.00403. The molecule has 112 valence electrons. The van der Waals surface area contributed by atoms with Crippen LogP contribution in [0, 0.1) is 16.7 Å². The maximum absolute atomic E-state index is 13.2. The Morgan fingerprint density at radius 2 is 2.00 bits per heavy atom. The van der Waals surface area contributed by atoms with Gasteiger partial charge in [0, 0.05) is 17.6 Å². The zero-order chi connectivity index (χ0) is 14.7. The van der Waals surface area contributed by atoms with Gasteiger partial charge >= 0.3 is 0 Å². The van der Waals surface area contributed by atoms with Gasteiger partial charge in [-0.3, -0.25) is 9.69 Å². The van der Waals surface area contributed by atoms with E-state index in [9.17, 15) is 10.1 Å². The normalized spacial score (nSPS) is 21.9. The van der Waals surface area contributed by atoms with Crippen LogP contribution in [0.25, 0.3) is 0 Å². The molecule has 2 aliphatic carbocycles. The first kappa shape index (κ1) is 14.5. The second-order valence-corrected chi connectivity index (χ2v) is 7.06. The highest BCUT2D eigenvalue weighted by Gasteiger charge is 2.46. The van der Waals surface area contributed by atoms with Crippen LogP contribution >= 0.6 is 11.3 Å². The molecular weight excluding hydrogens is 282 g/mol. The molecule has 2 aliphatic rings. The Morgan fingerprint density at radius 1 is 1.29 bits per heavy atom. The summed E-state index contributed by atoms with van der Waals surface area (Å²) in [5.74, 6) is 0.00403. The standard InChI is InChI=1S/C16H21N3OS/c17-12-16(8-4-5-9-16)14(20)19(15-18-10-11-21-15)13-6-2-1-3-7-13/h10-11,13H,1-9H2. The molecule has 1 heterocycles. The number of anilines is 1. The zero-order valence-corrected chi connectivity index (χ0v) is 13.1. The largest absolute Gasteiger partial charge is 0.284 e. The van der Waals surface area contributed by atoms with Crippen LogP contribution in [0.5, 0.6) is 0 Å². The second kappa shape index (κ2) is 6.15. The lowest BCUT2D eigenvalue weighted by molar-refractivity contribution is -0.125. The first-order valence-corrected chi connectivity index (χ1v) is 8.79. The van der Waals surface area contributed by atoms with Crippen molar-refractivity contribution < 1.29 is 4.79 Å². The highest BCUT2D eigenvalue weighted by atomic mass is 32.1. The van der Waals surface area contributed by atoms with Gasteiger partial charge in [-0.05, 0) is 25.7 Å². The number of hydrogen-bond acceptors (Lipinski definition) is 4. The Balaban J connectivity index is 1.91. The summed E-state index contributed by atoms with van der Waals surface area (Å²) in [7, 11) is 0. The summed E-state index contributed by atoms with van der Waals surface area (Å²) in [5.41, 5.74) is -0.802. The smallest absolute Gasteiger partial charge is 0.249 e. The maximum atomic E-state index is 13.2. The van der Waals surface area contributed by atoms with Crippen molar-refractivity contribution in [3.63, 3.8) is 0 Å². The Morgan fingerprint density at radius 3 is 2.57 bits per heavy atom. The summed E-state index contributed by atoms with van der Waals surface area (Å²) < 4.78 is 0. The van der Waals surface area contributed by atoms with E-state index in [1.165, 1.54) is 30.6 Å². The molecule has 0 N–H and O–H groups in total. The van der Waals surface area contributed by atoms with Gasteiger partial charge in [0.15, 0.2) is 5.13 Å². The van der Waals surface area contributed by atoms with Crippen LogP contribution in [0.15, 0.2) is 11.6 Å². The average Bonchev–Trinajstić information content (AvgIpc) is 3.21. The fourth-order valence-corrected chi connectivity index (χ4v) is 4.38. The third-order valence-electron chi connectivity index (χ3n) is 4.86. The van der Waals surface area contributed by atoms with E-state index in [0.717, 1.165) is 30.8 Å². The Kier molecular flexibility index (Phi) is 4.25. The van der Waals surface area contributed by atoms with Crippen LogP contribution in [0.1, 0.15) is 57.8 Å². The van der Waals surface area contributed by atoms with E-state index in [1.807, 2.05) is 10.3 Å². The summed E-state index contributed by atoms with van der Waals surface area (Å²) in [6.07, 6.45) is 10.8. The fourth-order valence-electron chi connectivity index (χ4n) is 3.67. The van der Waals surface area contributed by atoms with Crippen molar-refractivity contribution in [3.8, 4) is 6.07 Å². The number of rotatable bonds is 3. The van der Waals surface area contributed by atoms with Crippen LogP contribution in [0.2, 0.25) is 0 Å². The number of nitrogens with zero attached hydrogens (tertiary/aromatic N) is 3. The van der Waals surface area contributed by atoms with Crippen molar-refractivity contribution in [3.05, 3.63) is 11.6 Å². The van der Waals surface area contributed by atoms with Gasteiger partial charge in [-0.25, -0.2) is 4.98 Å². The van der Waals surface area contributed by atoms with Crippen molar-refractivity contribution >= 4 is 22.4 Å². The van der Waals surface area contributed by atoms with Crippen molar-refractivity contribution in [1.82, 2.24) is 4.98 Å². The lowest BCUT2D eigenvalue weighted by Gasteiger charge is -2.36. The SMILES string of the molecule is N#CC1(C(=O)N(c2nccs2)C2CCCCC2)CCCC1. The number of hydrogen-bond donors (Lipinski definition) is 0. The van der Waals surface area contributed by atoms with Gasteiger partial charge in [0.25, 0.3) is 0 Å². The summed E-state index contributed by atoms with van der Waals surface area (Å²) in [4.78, 5) is 19.4. The molecule has 5 heteroatoms. The van der Waals surface area contributed by atoms with Gasteiger partial charge in [-0.15, -0.1) is 11.3 Å². The number of carbonyl (C=O) groups is 1. The third-order valence-corrected chi connectivity index (χ3v) is 5.64. The molecule has 0 radical (unpaired) electrons. The molecule has 0 saturated heterocycles. The highest BCUT2D eigenvalue weighted by Crippen LogP contribution is 2.42. The molecule has 0 aliphatic heterocycles. The Labute approximate surface area is 129 Å². The van der Waals surface area contributed by atoms with Crippen molar-refractivity contribution in [1.29, 1.82) is 5.26 Å². The quantitative estimate of drug-likeness (QED) is 0.851. The van der Waals surface area contributed by atoms with Gasteiger partial charge < -0.3 is 0 Å². The average molecular weight is 303 g/mol. The Hall–Kier alpha value is -1.41. The van der Waals surface area contributed by atoms with E-state index in [-0.39, 0.29) is 11.9 Å². The molecule has 21 heavy (non-hydrogen) atoms. The summed E-state index contributed by atoms with van der Waals surface area (Å²) in [6.45, 7) is 0. The number of aromatic nitrogens is 1. The molecular formula is C16H21N3OS. The molecule has 0 bridgehead atoms. The van der Waals surface area contributed by atoms with Crippen molar-refractivity contribution in [2.75, 3.05) is 4.90 Å². The van der Waals surface area contributed by atoms with E-state index in [2.05, 4.69) is 11.1 Å². The predicted octanol–water partition coefficient (Wildman–Crippen LogP) is 3.89. The van der Waals surface area contributed by atoms with E-state index in [4.69, 9.17) is 0 Å². The van der Waals surface area contributed by atoms with Crippen LogP contribution in [-0.4, -0.2) is 16.9 Å². The van der Waals surface area contributed by atoms with E-state index in [1.54, 1.807) is 6.20 Å². The molecule has 2 saturated carbocycles. The molecule has 1 aromatic rings. The molecule has 0 spiro atoms. The summed E-state index contributed by atoms with van der Waals surface area (Å²) in [6, 6.07) is 2.57. The van der Waals surface area contributed by atoms with Crippen LogP contribution in [0.3, 0.4) is 0 Å². The first-order chi connectivity index (χ1) is 10.3. The summed E-state index contributed by atoms with van der Waals surface area (Å²) >= 11 is 1.51. The molecule has 0 unspecified atom stereocenters. The Bertz CT molecular complexity index is 522. The molecule has 1 amide bonds. The lowest BCUT2D eigenvalue weighted by Crippen LogP contribution is -2.48. The van der Waals surface area contributed by atoms with E-state index < -0.39 is 5.41 Å². The summed E-state index contributed by atoms with van der Waals surface area (Å²) in [5, 5.41) is 12.3. The molecule has 1 aromatic heterocycles. The van der Waals surface area contributed by atoms with Gasteiger partial charge in [0.2, 0.25) is 5.91 Å². The molecule has 0 aromatic carbocycles. The number of amides is 1. The van der Waals surface area contributed by atoms with Gasteiger partial charge in [0.05, 0.1) is 6.07 Å². The minimum atomic E-state index is -0.802. The highest BCUT2D eigenvalue weighted by molar-refractivity contribution is 7.13. The van der Waals surface area contributed by atoms with E-state index in [0.29, 0.717) is 12.8 Å². The van der Waals surface area contributed by atoms with Crippen molar-refractivity contribution in [2.45, 2.75) is 63.8 Å². The molecule has 0 atom stereocenters. The maximum Gasteiger partial charge on any atom is 0.249 e. The predicted molar refractivity (Wildman–Crippen MR) is 83.0 cm³/mol. The minimum Gasteiger partial charge on any atom is -0.284 e. The number of nitriles is 1. The topological polar surface area (TPSA) is 57.0 Å². The van der Waals surface area contributed by atoms with Crippen LogP contribution < -0.4 is 4.90 Å². The second-order valence-electron chi connectivity index (χ2n) is 6.18. The number of carbonyl (C=O) groups excluding carboxylic acids is 1. The van der Waals surface area contributed by atoms with Gasteiger partial charge in [0.1, 0.15) is 5.41 Å². The van der Waals surface area contributed by atoms with Gasteiger partial charge in [-0.2, -0.15) is 5.26 Å². The van der Waals surface area contributed by atoms with E-state index >= 15 is 0 Å². The van der Waals surface area contributed by atoms with Gasteiger partial charge in [-0.1, -0.05) is 32.1 Å².